The lowest BCUT2D eigenvalue weighted by Crippen LogP contribution is -2.50. The van der Waals surface area contributed by atoms with Crippen LogP contribution in [0.1, 0.15) is 35.4 Å². The van der Waals surface area contributed by atoms with E-state index in [9.17, 15) is 14.7 Å². The van der Waals surface area contributed by atoms with E-state index in [1.165, 1.54) is 39.5 Å². The van der Waals surface area contributed by atoms with Crippen molar-refractivity contribution in [2.75, 3.05) is 48.3 Å². The molecule has 1 spiro atoms. The fourth-order valence-electron chi connectivity index (χ4n) is 6.82. The molecule has 0 saturated carbocycles. The van der Waals surface area contributed by atoms with Crippen LogP contribution >= 0.6 is 0 Å². The summed E-state index contributed by atoms with van der Waals surface area (Å²) in [4.78, 5) is 29.5. The molecule has 2 aromatic rings. The first-order chi connectivity index (χ1) is 19.8. The molecule has 2 aromatic carbocycles. The predicted molar refractivity (Wildman–Crippen MR) is 143 cm³/mol. The summed E-state index contributed by atoms with van der Waals surface area (Å²) in [5.74, 6) is -0.460. The van der Waals surface area contributed by atoms with Crippen LogP contribution in [0.3, 0.4) is 0 Å². The Kier molecular flexibility index (Phi) is 6.74. The van der Waals surface area contributed by atoms with E-state index in [4.69, 9.17) is 33.2 Å². The van der Waals surface area contributed by atoms with Gasteiger partial charge in [-0.1, -0.05) is 6.07 Å². The van der Waals surface area contributed by atoms with E-state index in [0.717, 1.165) is 50.6 Å². The molecule has 3 heterocycles. The smallest absolute Gasteiger partial charge is 0.355 e. The van der Waals surface area contributed by atoms with Gasteiger partial charge in [-0.15, -0.1) is 0 Å². The molecule has 11 heteroatoms. The van der Waals surface area contributed by atoms with Crippen molar-refractivity contribution in [2.24, 2.45) is 0 Å². The van der Waals surface area contributed by atoms with Crippen molar-refractivity contribution in [1.82, 2.24) is 4.90 Å². The van der Waals surface area contributed by atoms with Gasteiger partial charge in [0, 0.05) is 12.1 Å². The first kappa shape index (κ1) is 27.2. The molecule has 3 aliphatic heterocycles. The van der Waals surface area contributed by atoms with E-state index in [0.29, 0.717) is 23.0 Å². The summed E-state index contributed by atoms with van der Waals surface area (Å²) in [7, 11) is 5.48. The maximum absolute atomic E-state index is 14.0. The van der Waals surface area contributed by atoms with Crippen molar-refractivity contribution in [3.05, 3.63) is 58.9 Å². The lowest BCUT2D eigenvalue weighted by atomic mass is 9.77. The summed E-state index contributed by atoms with van der Waals surface area (Å²) in [5, 5.41) is 11.7. The molecule has 1 fully saturated rings. The number of hydrogen-bond donors (Lipinski definition) is 1. The van der Waals surface area contributed by atoms with Crippen LogP contribution in [-0.4, -0.2) is 81.9 Å². The van der Waals surface area contributed by atoms with Crippen LogP contribution in [0, 0.1) is 0 Å². The average Bonchev–Trinajstić information content (AvgIpc) is 3.69. The van der Waals surface area contributed by atoms with E-state index >= 15 is 0 Å². The van der Waals surface area contributed by atoms with Crippen LogP contribution in [0.25, 0.3) is 0 Å². The molecule has 1 saturated heterocycles. The third kappa shape index (κ3) is 4.01. The lowest BCUT2D eigenvalue weighted by molar-refractivity contribution is -0.187. The molecular weight excluding hydrogens is 534 g/mol. The number of ether oxygens (including phenoxy) is 7. The summed E-state index contributed by atoms with van der Waals surface area (Å²) in [6.45, 7) is 1.82. The molecule has 0 bridgehead atoms. The lowest BCUT2D eigenvalue weighted by Gasteiger charge is -2.39. The Bertz CT molecular complexity index is 1420. The number of nitrogens with zero attached hydrogens (tertiary/aromatic N) is 1. The first-order valence-corrected chi connectivity index (χ1v) is 13.5. The van der Waals surface area contributed by atoms with Gasteiger partial charge in [0.2, 0.25) is 6.79 Å². The van der Waals surface area contributed by atoms with Crippen LogP contribution in [0.4, 0.5) is 0 Å². The molecule has 4 aliphatic rings. The van der Waals surface area contributed by atoms with E-state index in [1.807, 2.05) is 18.2 Å². The average molecular weight is 568 g/mol. The van der Waals surface area contributed by atoms with Gasteiger partial charge in [0.1, 0.15) is 5.76 Å². The molecule has 0 amide bonds. The van der Waals surface area contributed by atoms with Gasteiger partial charge in [-0.05, 0) is 67.3 Å². The van der Waals surface area contributed by atoms with Gasteiger partial charge in [-0.25, -0.2) is 9.59 Å². The van der Waals surface area contributed by atoms with Crippen LogP contribution in [0.2, 0.25) is 0 Å². The van der Waals surface area contributed by atoms with E-state index in [-0.39, 0.29) is 24.0 Å². The maximum Gasteiger partial charge on any atom is 0.355 e. The van der Waals surface area contributed by atoms with Crippen LogP contribution in [0.15, 0.2) is 42.2 Å². The highest BCUT2D eigenvalue weighted by molar-refractivity contribution is 6.04. The van der Waals surface area contributed by atoms with Crippen molar-refractivity contribution in [1.29, 1.82) is 0 Å². The number of rotatable bonds is 7. The Hall–Kier alpha value is -3.96. The fourth-order valence-corrected chi connectivity index (χ4v) is 6.82. The molecular formula is C30H33NO10. The van der Waals surface area contributed by atoms with Crippen molar-refractivity contribution >= 4 is 11.9 Å². The third-order valence-corrected chi connectivity index (χ3v) is 8.78. The van der Waals surface area contributed by atoms with Crippen molar-refractivity contribution in [2.45, 2.75) is 42.4 Å². The fraction of sp³-hybridized carbons (Fsp3) is 0.467. The second kappa shape index (κ2) is 10.1. The van der Waals surface area contributed by atoms with Gasteiger partial charge < -0.3 is 38.3 Å². The van der Waals surface area contributed by atoms with E-state index in [2.05, 4.69) is 4.90 Å². The van der Waals surface area contributed by atoms with Crippen LogP contribution < -0.4 is 18.9 Å². The summed E-state index contributed by atoms with van der Waals surface area (Å²) in [5.41, 5.74) is -1.35. The molecule has 4 atom stereocenters. The van der Waals surface area contributed by atoms with Gasteiger partial charge in [-0.2, -0.15) is 0 Å². The monoisotopic (exact) mass is 567 g/mol. The minimum atomic E-state index is -2.79. The minimum Gasteiger partial charge on any atom is -0.497 e. The zero-order valence-electron chi connectivity index (χ0n) is 23.4. The van der Waals surface area contributed by atoms with E-state index in [1.54, 1.807) is 0 Å². The van der Waals surface area contributed by atoms with Gasteiger partial charge in [0.15, 0.2) is 29.1 Å². The molecule has 6 rings (SSSR count). The Morgan fingerprint density at radius 2 is 1.73 bits per heavy atom. The van der Waals surface area contributed by atoms with Gasteiger partial charge >= 0.3 is 11.9 Å². The Morgan fingerprint density at radius 3 is 2.44 bits per heavy atom. The summed E-state index contributed by atoms with van der Waals surface area (Å²) >= 11 is 0. The standard InChI is InChI=1S/C30H33NO10/c1-35-20-7-6-18(13-21(20)36-2)30(34,27(32)38-4)28(33)41-26-24(37-3)15-29-9-5-10-31(29)11-8-17-12-22-23(40-16-39-22)14-19(17)25(26)29/h6-7,12-15,25-26,34H,5,8-11,16H2,1-4H3/t25-,26-,29+,30-/m1/s1. The summed E-state index contributed by atoms with van der Waals surface area (Å²) in [6.07, 6.45) is 3.65. The zero-order valence-corrected chi connectivity index (χ0v) is 23.4. The van der Waals surface area contributed by atoms with Gasteiger partial charge in [0.25, 0.3) is 5.60 Å². The second-order valence-electron chi connectivity index (χ2n) is 10.6. The number of esters is 2. The van der Waals surface area contributed by atoms with Gasteiger partial charge in [-0.3, -0.25) is 4.90 Å². The second-order valence-corrected chi connectivity index (χ2v) is 10.6. The minimum absolute atomic E-state index is 0.0882. The SMILES string of the molecule is COC(=O)[C@@](O)(C(=O)O[C@@H]1C(OC)=C[C@]23CCCN2CCc2cc4c(cc2[C@H]13)OCO4)c1ccc(OC)c(OC)c1. The predicted octanol–water partition coefficient (Wildman–Crippen LogP) is 2.42. The number of carbonyl (C=O) groups excluding carboxylic acids is 2. The maximum atomic E-state index is 14.0. The number of aliphatic hydroxyl groups is 1. The topological polar surface area (TPSA) is 122 Å². The molecule has 218 valence electrons. The Balaban J connectivity index is 1.44. The molecule has 0 unspecified atom stereocenters. The molecule has 11 nitrogen and oxygen atoms in total. The van der Waals surface area contributed by atoms with Crippen LogP contribution in [-0.2, 0) is 35.8 Å². The number of carbonyl (C=O) groups is 2. The van der Waals surface area contributed by atoms with Crippen molar-refractivity contribution in [3.8, 4) is 23.0 Å². The highest BCUT2D eigenvalue weighted by atomic mass is 16.7. The third-order valence-electron chi connectivity index (χ3n) is 8.78. The summed E-state index contributed by atoms with van der Waals surface area (Å²) in [6, 6.07) is 8.18. The Morgan fingerprint density at radius 1 is 0.976 bits per heavy atom. The zero-order chi connectivity index (χ0) is 28.9. The number of hydrogen-bond acceptors (Lipinski definition) is 11. The summed E-state index contributed by atoms with van der Waals surface area (Å²) < 4.78 is 38.8. The van der Waals surface area contributed by atoms with Crippen molar-refractivity contribution < 1.29 is 47.9 Å². The molecule has 41 heavy (non-hydrogen) atoms. The highest BCUT2D eigenvalue weighted by Gasteiger charge is 2.60. The quantitative estimate of drug-likeness (QED) is 0.392. The van der Waals surface area contributed by atoms with E-state index < -0.39 is 29.2 Å². The normalized spacial score (nSPS) is 25.5. The van der Waals surface area contributed by atoms with Crippen molar-refractivity contribution in [3.63, 3.8) is 0 Å². The first-order valence-electron chi connectivity index (χ1n) is 13.5. The van der Waals surface area contributed by atoms with Gasteiger partial charge in [0.05, 0.1) is 39.9 Å². The number of benzene rings is 2. The number of methoxy groups -OCH3 is 4. The van der Waals surface area contributed by atoms with Crippen LogP contribution in [0.5, 0.6) is 23.0 Å². The highest BCUT2D eigenvalue weighted by Crippen LogP contribution is 2.56. The molecule has 1 N–H and O–H groups in total. The number of fused-ring (bicyclic) bond motifs is 3. The molecule has 0 aromatic heterocycles. The molecule has 0 radical (unpaired) electrons. The molecule has 1 aliphatic carbocycles. The Labute approximate surface area is 237 Å². The largest absolute Gasteiger partial charge is 0.497 e.